The van der Waals surface area contributed by atoms with Gasteiger partial charge in [0.15, 0.2) is 0 Å². The van der Waals surface area contributed by atoms with Crippen LogP contribution in [0.4, 0.5) is 0 Å². The highest BCUT2D eigenvalue weighted by atomic mass is 16.6. The van der Waals surface area contributed by atoms with Crippen molar-refractivity contribution in [2.75, 3.05) is 13.1 Å². The van der Waals surface area contributed by atoms with Crippen LogP contribution in [0.1, 0.15) is 59.3 Å². The van der Waals surface area contributed by atoms with Gasteiger partial charge in [0, 0.05) is 6.54 Å². The Kier molecular flexibility index (Phi) is 4.21. The zero-order valence-corrected chi connectivity index (χ0v) is 12.4. The Labute approximate surface area is 116 Å². The minimum absolute atomic E-state index is 0.133. The minimum Gasteiger partial charge on any atom is -0.459 e. The maximum atomic E-state index is 12.2. The maximum absolute atomic E-state index is 12.2. The van der Waals surface area contributed by atoms with E-state index in [2.05, 4.69) is 4.90 Å². The first-order valence-corrected chi connectivity index (χ1v) is 7.48. The van der Waals surface area contributed by atoms with Crippen LogP contribution >= 0.6 is 0 Å². The van der Waals surface area contributed by atoms with Crippen LogP contribution in [0.5, 0.6) is 0 Å². The van der Waals surface area contributed by atoms with Crippen LogP contribution in [-0.2, 0) is 9.53 Å². The molecule has 4 heteroatoms. The number of β-amino-alcohol motifs (C(OH)–C–C–N with tert-alkyl or cyclic N) is 1. The smallest absolute Gasteiger partial charge is 0.323 e. The summed E-state index contributed by atoms with van der Waals surface area (Å²) in [5.41, 5.74) is -1.01. The monoisotopic (exact) mass is 269 g/mol. The summed E-state index contributed by atoms with van der Waals surface area (Å²) >= 11 is 0. The standard InChI is InChI=1S/C15H27NO3/c1-14(2,3)19-13(17)12-7-6-10-16(12)11-15(18)8-4-5-9-15/h12,18H,4-11H2,1-3H3/t12-/m1/s1. The second-order valence-electron chi connectivity index (χ2n) is 7.09. The number of nitrogens with zero attached hydrogens (tertiary/aromatic N) is 1. The first kappa shape index (κ1) is 14.8. The van der Waals surface area contributed by atoms with Gasteiger partial charge in [0.1, 0.15) is 11.6 Å². The van der Waals surface area contributed by atoms with E-state index in [9.17, 15) is 9.90 Å². The summed E-state index contributed by atoms with van der Waals surface area (Å²) in [5, 5.41) is 10.5. The molecule has 1 atom stereocenters. The van der Waals surface area contributed by atoms with Gasteiger partial charge < -0.3 is 9.84 Å². The van der Waals surface area contributed by atoms with E-state index in [1.165, 1.54) is 0 Å². The number of rotatable bonds is 3. The molecule has 0 aromatic heterocycles. The van der Waals surface area contributed by atoms with Crippen molar-refractivity contribution in [2.45, 2.75) is 76.5 Å². The predicted molar refractivity (Wildman–Crippen MR) is 73.9 cm³/mol. The minimum atomic E-state index is -0.579. The Morgan fingerprint density at radius 3 is 2.53 bits per heavy atom. The Morgan fingerprint density at radius 1 is 1.32 bits per heavy atom. The molecule has 0 radical (unpaired) electrons. The molecule has 1 N–H and O–H groups in total. The lowest BCUT2D eigenvalue weighted by atomic mass is 10.0. The lowest BCUT2D eigenvalue weighted by Gasteiger charge is -2.32. The number of ether oxygens (including phenoxy) is 1. The zero-order valence-electron chi connectivity index (χ0n) is 12.4. The van der Waals surface area contributed by atoms with Gasteiger partial charge in [-0.2, -0.15) is 0 Å². The Hall–Kier alpha value is -0.610. The van der Waals surface area contributed by atoms with Crippen LogP contribution in [0.25, 0.3) is 0 Å². The van der Waals surface area contributed by atoms with Gasteiger partial charge in [-0.3, -0.25) is 9.69 Å². The third kappa shape index (κ3) is 3.93. The highest BCUT2D eigenvalue weighted by molar-refractivity contribution is 5.76. The fourth-order valence-electron chi connectivity index (χ4n) is 3.22. The Balaban J connectivity index is 1.95. The molecule has 1 aliphatic carbocycles. The van der Waals surface area contributed by atoms with Gasteiger partial charge in [-0.25, -0.2) is 0 Å². The van der Waals surface area contributed by atoms with Crippen LogP contribution in [0.15, 0.2) is 0 Å². The van der Waals surface area contributed by atoms with Crippen molar-refractivity contribution in [2.24, 2.45) is 0 Å². The van der Waals surface area contributed by atoms with Gasteiger partial charge in [-0.1, -0.05) is 12.8 Å². The van der Waals surface area contributed by atoms with E-state index in [1.54, 1.807) is 0 Å². The summed E-state index contributed by atoms with van der Waals surface area (Å²) in [7, 11) is 0. The molecule has 19 heavy (non-hydrogen) atoms. The molecule has 2 fully saturated rings. The average molecular weight is 269 g/mol. The number of carbonyl (C=O) groups is 1. The van der Waals surface area contributed by atoms with E-state index < -0.39 is 11.2 Å². The fraction of sp³-hybridized carbons (Fsp3) is 0.933. The number of aliphatic hydroxyl groups is 1. The first-order chi connectivity index (χ1) is 8.79. The van der Waals surface area contributed by atoms with Gasteiger partial charge in [-0.05, 0) is 53.0 Å². The largest absolute Gasteiger partial charge is 0.459 e. The van der Waals surface area contributed by atoms with Crippen molar-refractivity contribution in [3.8, 4) is 0 Å². The topological polar surface area (TPSA) is 49.8 Å². The van der Waals surface area contributed by atoms with Gasteiger partial charge in [0.05, 0.1) is 5.60 Å². The molecule has 0 bridgehead atoms. The van der Waals surface area contributed by atoms with Crippen molar-refractivity contribution in [1.29, 1.82) is 0 Å². The van der Waals surface area contributed by atoms with Crippen molar-refractivity contribution in [3.05, 3.63) is 0 Å². The molecule has 110 valence electrons. The number of likely N-dealkylation sites (tertiary alicyclic amines) is 1. The van der Waals surface area contributed by atoms with Crippen molar-refractivity contribution >= 4 is 5.97 Å². The third-order valence-corrected chi connectivity index (χ3v) is 4.07. The third-order valence-electron chi connectivity index (χ3n) is 4.07. The molecule has 0 aromatic rings. The van der Waals surface area contributed by atoms with E-state index in [-0.39, 0.29) is 12.0 Å². The predicted octanol–water partition coefficient (Wildman–Crippen LogP) is 2.10. The second-order valence-corrected chi connectivity index (χ2v) is 7.09. The van der Waals surface area contributed by atoms with Crippen molar-refractivity contribution in [1.82, 2.24) is 4.90 Å². The number of carbonyl (C=O) groups excluding carboxylic acids is 1. The number of esters is 1. The summed E-state index contributed by atoms with van der Waals surface area (Å²) in [6.07, 6.45) is 5.79. The molecule has 2 rings (SSSR count). The van der Waals surface area contributed by atoms with Crippen LogP contribution < -0.4 is 0 Å². The van der Waals surface area contributed by atoms with Crippen LogP contribution in [0.3, 0.4) is 0 Å². The Bertz CT molecular complexity index is 329. The summed E-state index contributed by atoms with van der Waals surface area (Å²) < 4.78 is 5.49. The van der Waals surface area contributed by atoms with Crippen molar-refractivity contribution < 1.29 is 14.6 Å². The summed E-state index contributed by atoms with van der Waals surface area (Å²) in [6, 6.07) is -0.163. The van der Waals surface area contributed by atoms with Crippen molar-refractivity contribution in [3.63, 3.8) is 0 Å². The maximum Gasteiger partial charge on any atom is 0.323 e. The fourth-order valence-corrected chi connectivity index (χ4v) is 3.22. The second kappa shape index (κ2) is 5.41. The molecule has 1 aliphatic heterocycles. The first-order valence-electron chi connectivity index (χ1n) is 7.48. The molecule has 1 saturated carbocycles. The molecule has 1 saturated heterocycles. The van der Waals surface area contributed by atoms with Crippen LogP contribution in [-0.4, -0.2) is 46.3 Å². The Morgan fingerprint density at radius 2 is 1.95 bits per heavy atom. The lowest BCUT2D eigenvalue weighted by Crippen LogP contribution is -2.47. The van der Waals surface area contributed by atoms with Gasteiger partial charge in [-0.15, -0.1) is 0 Å². The quantitative estimate of drug-likeness (QED) is 0.797. The van der Waals surface area contributed by atoms with E-state index >= 15 is 0 Å². The highest BCUT2D eigenvalue weighted by Gasteiger charge is 2.40. The average Bonchev–Trinajstić information content (AvgIpc) is 2.85. The van der Waals surface area contributed by atoms with Gasteiger partial charge >= 0.3 is 5.97 Å². The summed E-state index contributed by atoms with van der Waals surface area (Å²) in [5.74, 6) is -0.133. The normalized spacial score (nSPS) is 27.7. The molecule has 2 aliphatic rings. The molecule has 0 spiro atoms. The molecule has 4 nitrogen and oxygen atoms in total. The molecular weight excluding hydrogens is 242 g/mol. The van der Waals surface area contributed by atoms with E-state index in [0.29, 0.717) is 6.54 Å². The van der Waals surface area contributed by atoms with Crippen LogP contribution in [0.2, 0.25) is 0 Å². The molecule has 1 heterocycles. The molecule has 0 unspecified atom stereocenters. The van der Waals surface area contributed by atoms with E-state index in [0.717, 1.165) is 45.1 Å². The van der Waals surface area contributed by atoms with E-state index in [1.807, 2.05) is 20.8 Å². The number of hydrogen-bond donors (Lipinski definition) is 1. The lowest BCUT2D eigenvalue weighted by molar-refractivity contribution is -0.161. The summed E-state index contributed by atoms with van der Waals surface area (Å²) in [6.45, 7) is 7.21. The zero-order chi connectivity index (χ0) is 14.1. The van der Waals surface area contributed by atoms with E-state index in [4.69, 9.17) is 4.74 Å². The van der Waals surface area contributed by atoms with Gasteiger partial charge in [0.2, 0.25) is 0 Å². The van der Waals surface area contributed by atoms with Gasteiger partial charge in [0.25, 0.3) is 0 Å². The molecular formula is C15H27NO3. The summed E-state index contributed by atoms with van der Waals surface area (Å²) in [4.78, 5) is 14.3. The van der Waals surface area contributed by atoms with Crippen LogP contribution in [0, 0.1) is 0 Å². The molecule has 0 amide bonds. The highest BCUT2D eigenvalue weighted by Crippen LogP contribution is 2.32. The number of hydrogen-bond acceptors (Lipinski definition) is 4. The SMILES string of the molecule is CC(C)(C)OC(=O)[C@H]1CCCN1CC1(O)CCCC1. The molecule has 0 aromatic carbocycles.